The highest BCUT2D eigenvalue weighted by atomic mass is 35.5. The predicted octanol–water partition coefficient (Wildman–Crippen LogP) is 3.05. The molecule has 2 heterocycles. The van der Waals surface area contributed by atoms with Crippen molar-refractivity contribution in [1.29, 1.82) is 0 Å². The Labute approximate surface area is 119 Å². The van der Waals surface area contributed by atoms with Crippen LogP contribution < -0.4 is 11.1 Å². The minimum atomic E-state index is -0.296. The van der Waals surface area contributed by atoms with Gasteiger partial charge in [0.05, 0.1) is 11.2 Å². The Morgan fingerprint density at radius 2 is 2.05 bits per heavy atom. The number of aromatic amines is 1. The SMILES string of the molecule is Nc1cccc2cc(C(=O)Nc3cccc(Cl)n3)[nH]c12. The fourth-order valence-electron chi connectivity index (χ4n) is 1.96. The lowest BCUT2D eigenvalue weighted by Gasteiger charge is -2.02. The maximum Gasteiger partial charge on any atom is 0.273 e. The number of amides is 1. The zero-order valence-electron chi connectivity index (χ0n) is 10.4. The zero-order valence-corrected chi connectivity index (χ0v) is 11.1. The molecule has 1 aromatic carbocycles. The summed E-state index contributed by atoms with van der Waals surface area (Å²) in [6, 6.07) is 12.3. The van der Waals surface area contributed by atoms with Crippen molar-refractivity contribution < 1.29 is 4.79 Å². The number of carbonyl (C=O) groups excluding carboxylic acids is 1. The summed E-state index contributed by atoms with van der Waals surface area (Å²) in [4.78, 5) is 19.1. The Morgan fingerprint density at radius 1 is 1.25 bits per heavy atom. The second kappa shape index (κ2) is 4.86. The van der Waals surface area contributed by atoms with E-state index in [1.165, 1.54) is 0 Å². The number of halogens is 1. The molecule has 20 heavy (non-hydrogen) atoms. The molecular formula is C14H11ClN4O. The number of rotatable bonds is 2. The number of para-hydroxylation sites is 1. The molecular weight excluding hydrogens is 276 g/mol. The van der Waals surface area contributed by atoms with Gasteiger partial charge in [0.1, 0.15) is 16.7 Å². The van der Waals surface area contributed by atoms with Crippen LogP contribution in [0.2, 0.25) is 5.15 Å². The summed E-state index contributed by atoms with van der Waals surface area (Å²) in [5.74, 6) is 0.101. The highest BCUT2D eigenvalue weighted by molar-refractivity contribution is 6.29. The summed E-state index contributed by atoms with van der Waals surface area (Å²) in [5, 5.41) is 3.88. The molecule has 2 aromatic heterocycles. The lowest BCUT2D eigenvalue weighted by atomic mass is 10.2. The van der Waals surface area contributed by atoms with Crippen LogP contribution in [0.1, 0.15) is 10.5 Å². The van der Waals surface area contributed by atoms with Crippen LogP contribution in [0, 0.1) is 0 Å². The van der Waals surface area contributed by atoms with Gasteiger partial charge in [0.2, 0.25) is 0 Å². The third-order valence-corrected chi connectivity index (χ3v) is 3.10. The molecule has 1 amide bonds. The quantitative estimate of drug-likeness (QED) is 0.500. The molecule has 100 valence electrons. The van der Waals surface area contributed by atoms with E-state index in [1.807, 2.05) is 12.1 Å². The van der Waals surface area contributed by atoms with E-state index in [4.69, 9.17) is 17.3 Å². The van der Waals surface area contributed by atoms with E-state index >= 15 is 0 Å². The Morgan fingerprint density at radius 3 is 2.80 bits per heavy atom. The monoisotopic (exact) mass is 286 g/mol. The summed E-state index contributed by atoms with van der Waals surface area (Å²) in [6.45, 7) is 0. The minimum absolute atomic E-state index is 0.296. The van der Waals surface area contributed by atoms with E-state index in [0.717, 1.165) is 10.9 Å². The average molecular weight is 287 g/mol. The van der Waals surface area contributed by atoms with E-state index in [0.29, 0.717) is 22.4 Å². The molecule has 3 aromatic rings. The first kappa shape index (κ1) is 12.5. The largest absolute Gasteiger partial charge is 0.397 e. The number of H-pyrrole nitrogens is 1. The highest BCUT2D eigenvalue weighted by Gasteiger charge is 2.11. The summed E-state index contributed by atoms with van der Waals surface area (Å²) in [7, 11) is 0. The molecule has 0 unspecified atom stereocenters. The molecule has 0 aliphatic rings. The number of benzene rings is 1. The van der Waals surface area contributed by atoms with Crippen LogP contribution in [0.4, 0.5) is 11.5 Å². The molecule has 0 saturated carbocycles. The second-order valence-electron chi connectivity index (χ2n) is 4.29. The molecule has 0 fully saturated rings. The van der Waals surface area contributed by atoms with E-state index in [9.17, 15) is 4.79 Å². The van der Waals surface area contributed by atoms with Crippen LogP contribution in [0.5, 0.6) is 0 Å². The number of hydrogen-bond acceptors (Lipinski definition) is 3. The summed E-state index contributed by atoms with van der Waals surface area (Å²) in [5.41, 5.74) is 7.61. The average Bonchev–Trinajstić information content (AvgIpc) is 2.84. The fourth-order valence-corrected chi connectivity index (χ4v) is 2.13. The Kier molecular flexibility index (Phi) is 3.04. The van der Waals surface area contributed by atoms with Crippen LogP contribution in [0.25, 0.3) is 10.9 Å². The van der Waals surface area contributed by atoms with Gasteiger partial charge in [0.25, 0.3) is 5.91 Å². The van der Waals surface area contributed by atoms with Crippen molar-refractivity contribution in [3.63, 3.8) is 0 Å². The number of nitrogens with one attached hydrogen (secondary N) is 2. The molecule has 3 rings (SSSR count). The van der Waals surface area contributed by atoms with Crippen LogP contribution in [-0.4, -0.2) is 15.9 Å². The molecule has 5 nitrogen and oxygen atoms in total. The summed E-state index contributed by atoms with van der Waals surface area (Å²) >= 11 is 5.77. The predicted molar refractivity (Wildman–Crippen MR) is 79.9 cm³/mol. The van der Waals surface area contributed by atoms with Crippen molar-refractivity contribution in [3.05, 3.63) is 53.3 Å². The first-order valence-corrected chi connectivity index (χ1v) is 6.32. The lowest BCUT2D eigenvalue weighted by Crippen LogP contribution is -2.13. The van der Waals surface area contributed by atoms with Gasteiger partial charge in [-0.2, -0.15) is 0 Å². The molecule has 0 spiro atoms. The number of nitrogens with two attached hydrogens (primary N) is 1. The van der Waals surface area contributed by atoms with Gasteiger partial charge in [-0.25, -0.2) is 4.98 Å². The van der Waals surface area contributed by atoms with Gasteiger partial charge in [-0.05, 0) is 24.3 Å². The van der Waals surface area contributed by atoms with Crippen LogP contribution >= 0.6 is 11.6 Å². The van der Waals surface area contributed by atoms with Gasteiger partial charge >= 0.3 is 0 Å². The Bertz CT molecular complexity index is 797. The van der Waals surface area contributed by atoms with E-state index in [-0.39, 0.29) is 5.91 Å². The Hall–Kier alpha value is -2.53. The zero-order chi connectivity index (χ0) is 14.1. The van der Waals surface area contributed by atoms with Gasteiger partial charge in [-0.15, -0.1) is 0 Å². The topological polar surface area (TPSA) is 83.8 Å². The van der Waals surface area contributed by atoms with Gasteiger partial charge in [0, 0.05) is 5.39 Å². The maximum atomic E-state index is 12.1. The van der Waals surface area contributed by atoms with Crippen LogP contribution in [0.15, 0.2) is 42.5 Å². The normalized spacial score (nSPS) is 10.7. The number of nitrogens with zero attached hydrogens (tertiary/aromatic N) is 1. The molecule has 0 radical (unpaired) electrons. The standard InChI is InChI=1S/C14H11ClN4O/c15-11-5-2-6-12(18-11)19-14(20)10-7-8-3-1-4-9(16)13(8)17-10/h1-7,17H,16H2,(H,18,19,20). The van der Waals surface area contributed by atoms with Gasteiger partial charge in [-0.3, -0.25) is 4.79 Å². The van der Waals surface area contributed by atoms with Crippen molar-refractivity contribution in [2.45, 2.75) is 0 Å². The van der Waals surface area contributed by atoms with Crippen LogP contribution in [-0.2, 0) is 0 Å². The number of fused-ring (bicyclic) bond motifs is 1. The molecule has 4 N–H and O–H groups in total. The van der Waals surface area contributed by atoms with Gasteiger partial charge in [-0.1, -0.05) is 29.8 Å². The maximum absolute atomic E-state index is 12.1. The third kappa shape index (κ3) is 2.31. The molecule has 0 bridgehead atoms. The molecule has 0 aliphatic carbocycles. The second-order valence-corrected chi connectivity index (χ2v) is 4.68. The number of pyridine rings is 1. The van der Waals surface area contributed by atoms with Crippen molar-refractivity contribution in [1.82, 2.24) is 9.97 Å². The smallest absolute Gasteiger partial charge is 0.273 e. The van der Waals surface area contributed by atoms with Gasteiger partial charge < -0.3 is 16.0 Å². The van der Waals surface area contributed by atoms with E-state index in [1.54, 1.807) is 30.3 Å². The highest BCUT2D eigenvalue weighted by Crippen LogP contribution is 2.21. The number of hydrogen-bond donors (Lipinski definition) is 3. The van der Waals surface area contributed by atoms with Crippen molar-refractivity contribution in [3.8, 4) is 0 Å². The van der Waals surface area contributed by atoms with E-state index < -0.39 is 0 Å². The first-order valence-electron chi connectivity index (χ1n) is 5.94. The Balaban J connectivity index is 1.91. The summed E-state index contributed by atoms with van der Waals surface area (Å²) in [6.07, 6.45) is 0. The first-order chi connectivity index (χ1) is 9.63. The number of carbonyl (C=O) groups is 1. The number of anilines is 2. The molecule has 0 saturated heterocycles. The molecule has 0 atom stereocenters. The van der Waals surface area contributed by atoms with Crippen molar-refractivity contribution in [2.24, 2.45) is 0 Å². The van der Waals surface area contributed by atoms with E-state index in [2.05, 4.69) is 15.3 Å². The fraction of sp³-hybridized carbons (Fsp3) is 0. The lowest BCUT2D eigenvalue weighted by molar-refractivity contribution is 0.102. The van der Waals surface area contributed by atoms with Gasteiger partial charge in [0.15, 0.2) is 0 Å². The van der Waals surface area contributed by atoms with Crippen molar-refractivity contribution in [2.75, 3.05) is 11.1 Å². The van der Waals surface area contributed by atoms with Crippen molar-refractivity contribution >= 4 is 39.9 Å². The van der Waals surface area contributed by atoms with Crippen LogP contribution in [0.3, 0.4) is 0 Å². The third-order valence-electron chi connectivity index (χ3n) is 2.89. The number of nitrogen functional groups attached to an aromatic ring is 1. The minimum Gasteiger partial charge on any atom is -0.397 e. The summed E-state index contributed by atoms with van der Waals surface area (Å²) < 4.78 is 0. The molecule has 6 heteroatoms. The number of aromatic nitrogens is 2. The molecule has 0 aliphatic heterocycles.